The fourth-order valence-electron chi connectivity index (χ4n) is 4.37. The van der Waals surface area contributed by atoms with Gasteiger partial charge in [-0.2, -0.15) is 0 Å². The molecule has 0 atom stereocenters. The molecule has 0 N–H and O–H groups in total. The molecule has 0 saturated heterocycles. The van der Waals surface area contributed by atoms with Crippen LogP contribution in [0.5, 0.6) is 0 Å². The predicted octanol–water partition coefficient (Wildman–Crippen LogP) is 2.96. The molecule has 0 heterocycles. The summed E-state index contributed by atoms with van der Waals surface area (Å²) in [6.07, 6.45) is 1.07. The van der Waals surface area contributed by atoms with Crippen molar-refractivity contribution in [3.8, 4) is 0 Å². The highest BCUT2D eigenvalue weighted by Crippen LogP contribution is 2.11. The average molecular weight is 421 g/mol. The Kier molecular flexibility index (Phi) is 6.58. The molecule has 4 aromatic rings. The Morgan fingerprint density at radius 1 is 0.700 bits per heavy atom. The van der Waals surface area contributed by atoms with Crippen LogP contribution >= 0.6 is 0 Å². The summed E-state index contributed by atoms with van der Waals surface area (Å²) in [6.45, 7) is 6.77. The van der Waals surface area contributed by atoms with Crippen LogP contribution in [0.25, 0.3) is 5.20 Å². The van der Waals surface area contributed by atoms with E-state index in [0.717, 1.165) is 6.42 Å². The molecule has 0 spiro atoms. The summed E-state index contributed by atoms with van der Waals surface area (Å²) in [7, 11) is -2.13. The first kappa shape index (κ1) is 20.3. The van der Waals surface area contributed by atoms with Crippen molar-refractivity contribution in [2.75, 3.05) is 0 Å². The molecular formula is C28H28Si2. The van der Waals surface area contributed by atoms with E-state index in [0.29, 0.717) is 0 Å². The van der Waals surface area contributed by atoms with Gasteiger partial charge >= 0.3 is 0 Å². The van der Waals surface area contributed by atoms with Gasteiger partial charge in [0.15, 0.2) is 0 Å². The lowest BCUT2D eigenvalue weighted by Gasteiger charge is -2.22. The zero-order valence-electron chi connectivity index (χ0n) is 17.6. The largest absolute Gasteiger partial charge is 0.133 e. The first-order chi connectivity index (χ1) is 14.8. The van der Waals surface area contributed by atoms with Gasteiger partial charge < -0.3 is 0 Å². The maximum atomic E-state index is 4.46. The molecular weight excluding hydrogens is 392 g/mol. The molecule has 0 unspecified atom stereocenters. The van der Waals surface area contributed by atoms with Gasteiger partial charge in [-0.3, -0.25) is 0 Å². The molecule has 4 rings (SSSR count). The monoisotopic (exact) mass is 420 g/mol. The molecule has 4 aromatic carbocycles. The fourth-order valence-corrected chi connectivity index (χ4v) is 9.75. The second-order valence-corrected chi connectivity index (χ2v) is 12.5. The van der Waals surface area contributed by atoms with Crippen LogP contribution < -0.4 is 20.7 Å². The molecule has 2 heteroatoms. The summed E-state index contributed by atoms with van der Waals surface area (Å²) < 4.78 is 0. The Bertz CT molecular complexity index is 1060. The zero-order valence-corrected chi connectivity index (χ0v) is 20.2. The quantitative estimate of drug-likeness (QED) is 0.319. The third-order valence-electron chi connectivity index (χ3n) is 5.83. The second kappa shape index (κ2) is 9.70. The molecule has 0 aromatic heterocycles. The topological polar surface area (TPSA) is 0 Å². The van der Waals surface area contributed by atoms with Crippen LogP contribution in [-0.2, 0) is 6.42 Å². The SMILES string of the molecule is C=C([SiH2]c1cccc([SiH](c2ccccc2)c2ccccc2)c1CC)c1ccccc1. The minimum Gasteiger partial charge on any atom is -0.0995 e. The van der Waals surface area contributed by atoms with E-state index in [9.17, 15) is 0 Å². The van der Waals surface area contributed by atoms with Gasteiger partial charge in [-0.1, -0.05) is 143 Å². The van der Waals surface area contributed by atoms with Crippen LogP contribution in [-0.4, -0.2) is 18.3 Å². The zero-order chi connectivity index (χ0) is 20.8. The summed E-state index contributed by atoms with van der Waals surface area (Å²) in [5.41, 5.74) is 2.85. The normalized spacial score (nSPS) is 11.3. The Morgan fingerprint density at radius 2 is 1.23 bits per heavy atom. The molecule has 0 aliphatic carbocycles. The first-order valence-corrected chi connectivity index (χ1v) is 13.9. The summed E-state index contributed by atoms with van der Waals surface area (Å²) >= 11 is 0. The van der Waals surface area contributed by atoms with E-state index >= 15 is 0 Å². The molecule has 0 aliphatic heterocycles. The van der Waals surface area contributed by atoms with Crippen molar-refractivity contribution in [1.82, 2.24) is 0 Å². The van der Waals surface area contributed by atoms with E-state index in [2.05, 4.69) is 123 Å². The van der Waals surface area contributed by atoms with Gasteiger partial charge in [0.05, 0.1) is 9.52 Å². The highest BCUT2D eigenvalue weighted by Gasteiger charge is 2.22. The molecule has 30 heavy (non-hydrogen) atoms. The first-order valence-electron chi connectivity index (χ1n) is 10.7. The van der Waals surface area contributed by atoms with Crippen molar-refractivity contribution in [2.24, 2.45) is 0 Å². The molecule has 0 aliphatic rings. The van der Waals surface area contributed by atoms with Crippen molar-refractivity contribution < 1.29 is 0 Å². The van der Waals surface area contributed by atoms with Crippen molar-refractivity contribution in [3.63, 3.8) is 0 Å². The maximum absolute atomic E-state index is 4.46. The van der Waals surface area contributed by atoms with Gasteiger partial charge in [-0.05, 0) is 22.7 Å². The summed E-state index contributed by atoms with van der Waals surface area (Å²) in [6, 6.07) is 39.9. The lowest BCUT2D eigenvalue weighted by molar-refractivity contribution is 1.17. The molecule has 0 radical (unpaired) electrons. The van der Waals surface area contributed by atoms with Crippen LogP contribution in [0.2, 0.25) is 0 Å². The number of hydrogen-bond donors (Lipinski definition) is 0. The lowest BCUT2D eigenvalue weighted by atomic mass is 10.2. The third-order valence-corrected chi connectivity index (χ3v) is 11.0. The minimum absolute atomic E-state index is 0.610. The maximum Gasteiger partial charge on any atom is 0.133 e. The van der Waals surface area contributed by atoms with Gasteiger partial charge in [0.1, 0.15) is 8.80 Å². The Hall–Kier alpha value is -2.95. The molecule has 0 bridgehead atoms. The summed E-state index contributed by atoms with van der Waals surface area (Å²) in [4.78, 5) is 0. The molecule has 0 nitrogen and oxygen atoms in total. The van der Waals surface area contributed by atoms with Crippen molar-refractivity contribution in [2.45, 2.75) is 13.3 Å². The van der Waals surface area contributed by atoms with Crippen LogP contribution in [0.15, 0.2) is 116 Å². The molecule has 0 amide bonds. The minimum atomic E-state index is -1.52. The van der Waals surface area contributed by atoms with Gasteiger partial charge in [0.2, 0.25) is 0 Å². The highest BCUT2D eigenvalue weighted by molar-refractivity contribution is 6.96. The number of benzene rings is 4. The van der Waals surface area contributed by atoms with Gasteiger partial charge in [0, 0.05) is 0 Å². The Balaban J connectivity index is 1.79. The standard InChI is InChI=1S/C28H28Si2/c1-3-26-27(29-22(2)23-14-7-4-8-15-23)20-13-21-28(26)30(24-16-9-5-10-17-24)25-18-11-6-12-19-25/h4-21,30H,2-3,29H2,1H3. The van der Waals surface area contributed by atoms with E-state index in [1.165, 1.54) is 21.1 Å². The van der Waals surface area contributed by atoms with Gasteiger partial charge in [-0.15, -0.1) is 0 Å². The highest BCUT2D eigenvalue weighted by atomic mass is 28.3. The van der Waals surface area contributed by atoms with Gasteiger partial charge in [0.25, 0.3) is 0 Å². The van der Waals surface area contributed by atoms with Crippen LogP contribution in [0, 0.1) is 0 Å². The smallest absolute Gasteiger partial charge is 0.0995 e. The van der Waals surface area contributed by atoms with Crippen molar-refractivity contribution >= 4 is 44.3 Å². The van der Waals surface area contributed by atoms with Crippen LogP contribution in [0.3, 0.4) is 0 Å². The summed E-state index contributed by atoms with van der Waals surface area (Å²) in [5.74, 6) is 0. The van der Waals surface area contributed by atoms with E-state index in [1.54, 1.807) is 15.9 Å². The molecule has 148 valence electrons. The average Bonchev–Trinajstić information content (AvgIpc) is 2.81. The fraction of sp³-hybridized carbons (Fsp3) is 0.0714. The Labute approximate surface area is 184 Å². The van der Waals surface area contributed by atoms with Crippen LogP contribution in [0.1, 0.15) is 18.1 Å². The third kappa shape index (κ3) is 4.45. The summed E-state index contributed by atoms with van der Waals surface area (Å²) in [5, 5.41) is 7.41. The van der Waals surface area contributed by atoms with Crippen LogP contribution in [0.4, 0.5) is 0 Å². The molecule has 0 saturated carbocycles. The number of rotatable bonds is 7. The second-order valence-electron chi connectivity index (χ2n) is 7.74. The van der Waals surface area contributed by atoms with E-state index in [4.69, 9.17) is 0 Å². The van der Waals surface area contributed by atoms with E-state index in [-0.39, 0.29) is 0 Å². The number of hydrogen-bond acceptors (Lipinski definition) is 0. The van der Waals surface area contributed by atoms with E-state index in [1.807, 2.05) is 0 Å². The Morgan fingerprint density at radius 3 is 1.77 bits per heavy atom. The molecule has 0 fully saturated rings. The lowest BCUT2D eigenvalue weighted by Crippen LogP contribution is -2.54. The predicted molar refractivity (Wildman–Crippen MR) is 138 cm³/mol. The van der Waals surface area contributed by atoms with Gasteiger partial charge in [-0.25, -0.2) is 0 Å². The van der Waals surface area contributed by atoms with Crippen molar-refractivity contribution in [1.29, 1.82) is 0 Å². The van der Waals surface area contributed by atoms with Crippen molar-refractivity contribution in [3.05, 3.63) is 127 Å². The van der Waals surface area contributed by atoms with E-state index < -0.39 is 18.3 Å².